The van der Waals surface area contributed by atoms with Gasteiger partial charge in [-0.2, -0.15) is 0 Å². The molecule has 1 aliphatic rings. The van der Waals surface area contributed by atoms with E-state index < -0.39 is 11.4 Å². The number of nitrogens with one attached hydrogen (secondary N) is 2. The molecule has 2 aromatic rings. The molecule has 1 fully saturated rings. The van der Waals surface area contributed by atoms with E-state index in [0.29, 0.717) is 35.2 Å². The van der Waals surface area contributed by atoms with Gasteiger partial charge in [0.2, 0.25) is 0 Å². The van der Waals surface area contributed by atoms with Crippen molar-refractivity contribution >= 4 is 39.2 Å². The van der Waals surface area contributed by atoms with Gasteiger partial charge in [0.1, 0.15) is 5.82 Å². The van der Waals surface area contributed by atoms with Crippen molar-refractivity contribution in [1.82, 2.24) is 15.5 Å². The third-order valence-electron chi connectivity index (χ3n) is 5.26. The van der Waals surface area contributed by atoms with Crippen molar-refractivity contribution in [3.8, 4) is 0 Å². The first-order valence-electron chi connectivity index (χ1n) is 9.48. The van der Waals surface area contributed by atoms with Crippen LogP contribution in [0.4, 0.5) is 4.39 Å². The van der Waals surface area contributed by atoms with Crippen LogP contribution in [0.2, 0.25) is 0 Å². The van der Waals surface area contributed by atoms with Gasteiger partial charge in [0.15, 0.2) is 5.11 Å². The van der Waals surface area contributed by atoms with Gasteiger partial charge in [0.25, 0.3) is 5.91 Å². The molecule has 1 heterocycles. The summed E-state index contributed by atoms with van der Waals surface area (Å²) in [4.78, 5) is 14.6. The zero-order valence-corrected chi connectivity index (χ0v) is 18.7. The Balaban J connectivity index is 1.94. The number of hydrogen-bond donors (Lipinski definition) is 3. The SMILES string of the molecule is C=CCN1CC(CO)C(NC(=S)NC(=O)c2ccccc2)(c2cc(Br)ccc2F)C1. The lowest BCUT2D eigenvalue weighted by molar-refractivity contribution is 0.0975. The zero-order chi connectivity index (χ0) is 21.7. The Hall–Kier alpha value is -2.13. The number of likely N-dealkylation sites (tertiary alicyclic amines) is 1. The maximum absolute atomic E-state index is 15.0. The lowest BCUT2D eigenvalue weighted by Crippen LogP contribution is -2.56. The third-order valence-corrected chi connectivity index (χ3v) is 5.96. The van der Waals surface area contributed by atoms with Gasteiger partial charge in [-0.05, 0) is 42.5 Å². The van der Waals surface area contributed by atoms with Crippen molar-refractivity contribution < 1.29 is 14.3 Å². The number of carbonyl (C=O) groups is 1. The second kappa shape index (κ2) is 9.78. The lowest BCUT2D eigenvalue weighted by Gasteiger charge is -2.37. The molecular formula is C22H23BrFN3O2S. The molecule has 0 spiro atoms. The number of nitrogens with zero attached hydrogens (tertiary/aromatic N) is 1. The average molecular weight is 492 g/mol. The topological polar surface area (TPSA) is 64.6 Å². The lowest BCUT2D eigenvalue weighted by atomic mass is 9.80. The number of hydrogen-bond acceptors (Lipinski definition) is 4. The molecule has 0 saturated carbocycles. The van der Waals surface area contributed by atoms with Gasteiger partial charge in [0, 0.05) is 47.8 Å². The second-order valence-corrected chi connectivity index (χ2v) is 8.56. The van der Waals surface area contributed by atoms with Crippen LogP contribution in [-0.4, -0.2) is 47.3 Å². The van der Waals surface area contributed by atoms with Gasteiger partial charge < -0.3 is 10.4 Å². The normalized spacial score (nSPS) is 21.2. The Morgan fingerprint density at radius 3 is 2.77 bits per heavy atom. The highest BCUT2D eigenvalue weighted by molar-refractivity contribution is 9.10. The first-order valence-corrected chi connectivity index (χ1v) is 10.7. The van der Waals surface area contributed by atoms with E-state index in [0.717, 1.165) is 0 Å². The summed E-state index contributed by atoms with van der Waals surface area (Å²) in [5.74, 6) is -1.13. The van der Waals surface area contributed by atoms with Crippen LogP contribution >= 0.6 is 28.1 Å². The molecule has 3 rings (SSSR count). The molecule has 2 unspecified atom stereocenters. The zero-order valence-electron chi connectivity index (χ0n) is 16.3. The summed E-state index contributed by atoms with van der Waals surface area (Å²) in [6, 6.07) is 13.4. The summed E-state index contributed by atoms with van der Waals surface area (Å²) in [6.07, 6.45) is 1.76. The fraction of sp³-hybridized carbons (Fsp3) is 0.273. The molecule has 1 aliphatic heterocycles. The van der Waals surface area contributed by atoms with Crippen LogP contribution in [0, 0.1) is 11.7 Å². The minimum atomic E-state index is -1.02. The Bertz CT molecular complexity index is 943. The monoisotopic (exact) mass is 491 g/mol. The minimum Gasteiger partial charge on any atom is -0.396 e. The van der Waals surface area contributed by atoms with Gasteiger partial charge >= 0.3 is 0 Å². The molecule has 0 radical (unpaired) electrons. The number of amides is 1. The Kier molecular flexibility index (Phi) is 7.36. The van der Waals surface area contributed by atoms with Gasteiger partial charge in [-0.3, -0.25) is 15.0 Å². The van der Waals surface area contributed by atoms with E-state index in [2.05, 4.69) is 38.0 Å². The number of carbonyl (C=O) groups excluding carboxylic acids is 1. The van der Waals surface area contributed by atoms with Gasteiger partial charge in [-0.15, -0.1) is 6.58 Å². The van der Waals surface area contributed by atoms with Crippen LogP contribution in [0.5, 0.6) is 0 Å². The van der Waals surface area contributed by atoms with E-state index in [1.165, 1.54) is 6.07 Å². The van der Waals surface area contributed by atoms with E-state index in [9.17, 15) is 14.3 Å². The summed E-state index contributed by atoms with van der Waals surface area (Å²) >= 11 is 8.82. The molecule has 30 heavy (non-hydrogen) atoms. The molecule has 2 aromatic carbocycles. The number of halogens is 2. The summed E-state index contributed by atoms with van der Waals surface area (Å²) in [6.45, 7) is 5.09. The molecule has 0 aromatic heterocycles. The summed E-state index contributed by atoms with van der Waals surface area (Å²) in [5.41, 5.74) is -0.186. The average Bonchev–Trinajstić information content (AvgIpc) is 3.08. The predicted molar refractivity (Wildman–Crippen MR) is 123 cm³/mol. The van der Waals surface area contributed by atoms with Crippen LogP contribution in [0.25, 0.3) is 0 Å². The quantitative estimate of drug-likeness (QED) is 0.427. The molecule has 2 atom stereocenters. The molecule has 1 saturated heterocycles. The number of rotatable bonds is 6. The van der Waals surface area contributed by atoms with E-state index in [-0.39, 0.29) is 23.5 Å². The van der Waals surface area contributed by atoms with E-state index in [1.54, 1.807) is 42.5 Å². The van der Waals surface area contributed by atoms with E-state index in [1.807, 2.05) is 6.07 Å². The number of thiocarbonyl (C=S) groups is 1. The van der Waals surface area contributed by atoms with Gasteiger partial charge in [-0.1, -0.05) is 40.2 Å². The summed E-state index contributed by atoms with van der Waals surface area (Å²) < 4.78 is 15.7. The smallest absolute Gasteiger partial charge is 0.257 e. The fourth-order valence-electron chi connectivity index (χ4n) is 3.90. The Morgan fingerprint density at radius 2 is 2.10 bits per heavy atom. The van der Waals surface area contributed by atoms with Crippen molar-refractivity contribution in [2.45, 2.75) is 5.54 Å². The number of aliphatic hydroxyl groups is 1. The Morgan fingerprint density at radius 1 is 1.37 bits per heavy atom. The van der Waals surface area contributed by atoms with Crippen molar-refractivity contribution in [2.24, 2.45) is 5.92 Å². The molecular weight excluding hydrogens is 469 g/mol. The number of benzene rings is 2. The van der Waals surface area contributed by atoms with Crippen LogP contribution in [0.3, 0.4) is 0 Å². The molecule has 0 aliphatic carbocycles. The summed E-state index contributed by atoms with van der Waals surface area (Å²) in [5, 5.41) is 16.0. The third kappa shape index (κ3) is 4.78. The maximum atomic E-state index is 15.0. The first kappa shape index (κ1) is 22.6. The van der Waals surface area contributed by atoms with Crippen LogP contribution in [-0.2, 0) is 5.54 Å². The maximum Gasteiger partial charge on any atom is 0.257 e. The van der Waals surface area contributed by atoms with Crippen molar-refractivity contribution in [3.05, 3.63) is 82.6 Å². The van der Waals surface area contributed by atoms with Gasteiger partial charge in [0.05, 0.1) is 5.54 Å². The first-order chi connectivity index (χ1) is 14.4. The molecule has 5 nitrogen and oxygen atoms in total. The van der Waals surface area contributed by atoms with Crippen LogP contribution in [0.15, 0.2) is 65.7 Å². The Labute approximate surface area is 189 Å². The largest absolute Gasteiger partial charge is 0.396 e. The molecule has 0 bridgehead atoms. The van der Waals surface area contributed by atoms with Crippen molar-refractivity contribution in [2.75, 3.05) is 26.2 Å². The fourth-order valence-corrected chi connectivity index (χ4v) is 4.54. The molecule has 1 amide bonds. The minimum absolute atomic E-state index is 0.0714. The van der Waals surface area contributed by atoms with Crippen molar-refractivity contribution in [3.63, 3.8) is 0 Å². The van der Waals surface area contributed by atoms with Gasteiger partial charge in [-0.25, -0.2) is 4.39 Å². The van der Waals surface area contributed by atoms with Crippen molar-refractivity contribution in [1.29, 1.82) is 0 Å². The molecule has 3 N–H and O–H groups in total. The number of aliphatic hydroxyl groups excluding tert-OH is 1. The van der Waals surface area contributed by atoms with E-state index >= 15 is 0 Å². The highest BCUT2D eigenvalue weighted by Crippen LogP contribution is 2.39. The van der Waals surface area contributed by atoms with E-state index in [4.69, 9.17) is 12.2 Å². The van der Waals surface area contributed by atoms with Crippen LogP contribution in [0.1, 0.15) is 15.9 Å². The highest BCUT2D eigenvalue weighted by atomic mass is 79.9. The highest BCUT2D eigenvalue weighted by Gasteiger charge is 2.49. The second-order valence-electron chi connectivity index (χ2n) is 7.23. The molecule has 8 heteroatoms. The predicted octanol–water partition coefficient (Wildman–Crippen LogP) is 3.20. The van der Waals surface area contributed by atoms with Crippen LogP contribution < -0.4 is 10.6 Å². The standard InChI is InChI=1S/C22H23BrFN3O2S/c1-2-10-27-12-16(13-28)22(14-27,18-11-17(23)8-9-19(18)24)26-21(30)25-20(29)15-6-4-3-5-7-15/h2-9,11,16,28H,1,10,12-14H2,(H2,25,26,29,30). The summed E-state index contributed by atoms with van der Waals surface area (Å²) in [7, 11) is 0. The molecule has 158 valence electrons.